The lowest BCUT2D eigenvalue weighted by Gasteiger charge is -2.40. The molecule has 1 N–H and O–H groups in total. The predicted molar refractivity (Wildman–Crippen MR) is 99.8 cm³/mol. The number of aromatic amines is 1. The van der Waals surface area contributed by atoms with E-state index in [-0.39, 0.29) is 11.0 Å². The van der Waals surface area contributed by atoms with Crippen molar-refractivity contribution in [1.82, 2.24) is 19.9 Å². The second-order valence-corrected chi connectivity index (χ2v) is 8.24. The first kappa shape index (κ1) is 16.0. The highest BCUT2D eigenvalue weighted by Gasteiger charge is 2.45. The number of aryl methyl sites for hydroxylation is 2. The zero-order valence-corrected chi connectivity index (χ0v) is 15.5. The summed E-state index contributed by atoms with van der Waals surface area (Å²) >= 11 is 0. The summed E-state index contributed by atoms with van der Waals surface area (Å²) in [6.07, 6.45) is 8.14. The Balaban J connectivity index is 1.44. The van der Waals surface area contributed by atoms with Crippen molar-refractivity contribution in [3.8, 4) is 0 Å². The third kappa shape index (κ3) is 2.46. The maximum Gasteiger partial charge on any atom is 0.254 e. The second kappa shape index (κ2) is 5.63. The molecule has 0 atom stereocenters. The molecule has 0 amide bonds. The average molecular weight is 351 g/mol. The van der Waals surface area contributed by atoms with Gasteiger partial charge >= 0.3 is 0 Å². The Labute approximate surface area is 153 Å². The highest BCUT2D eigenvalue weighted by atomic mass is 16.1. The molecule has 3 aliphatic rings. The van der Waals surface area contributed by atoms with E-state index < -0.39 is 0 Å². The van der Waals surface area contributed by atoms with E-state index in [4.69, 9.17) is 9.97 Å². The zero-order valence-electron chi connectivity index (χ0n) is 15.5. The van der Waals surface area contributed by atoms with Crippen LogP contribution in [0.5, 0.6) is 0 Å². The molecule has 0 unspecified atom stereocenters. The van der Waals surface area contributed by atoms with E-state index in [1.807, 2.05) is 20.0 Å². The van der Waals surface area contributed by atoms with Gasteiger partial charge in [0.15, 0.2) is 0 Å². The molecule has 6 heteroatoms. The summed E-state index contributed by atoms with van der Waals surface area (Å²) < 4.78 is 0. The average Bonchev–Trinajstić information content (AvgIpc) is 3.43. The van der Waals surface area contributed by atoms with Gasteiger partial charge in [0.2, 0.25) is 0 Å². The SMILES string of the molecule is Cc1cnc(C)c(N2CCC3(CCc4c3nc(C3CC3)[nH]c4=O)CC2)n1. The van der Waals surface area contributed by atoms with E-state index in [0.29, 0.717) is 5.92 Å². The van der Waals surface area contributed by atoms with Crippen LogP contribution < -0.4 is 10.5 Å². The molecule has 0 radical (unpaired) electrons. The number of anilines is 1. The molecule has 26 heavy (non-hydrogen) atoms. The molecule has 5 rings (SSSR count). The number of hydrogen-bond donors (Lipinski definition) is 1. The van der Waals surface area contributed by atoms with Crippen molar-refractivity contribution in [2.45, 2.75) is 63.7 Å². The van der Waals surface area contributed by atoms with Gasteiger partial charge < -0.3 is 9.88 Å². The van der Waals surface area contributed by atoms with Crippen LogP contribution in [0.1, 0.15) is 66.5 Å². The van der Waals surface area contributed by atoms with E-state index in [1.54, 1.807) is 0 Å². The van der Waals surface area contributed by atoms with E-state index in [1.165, 1.54) is 0 Å². The zero-order chi connectivity index (χ0) is 17.9. The van der Waals surface area contributed by atoms with Crippen molar-refractivity contribution < 1.29 is 0 Å². The maximum absolute atomic E-state index is 12.5. The molecule has 1 saturated carbocycles. The van der Waals surface area contributed by atoms with Crippen LogP contribution in [0.2, 0.25) is 0 Å². The smallest absolute Gasteiger partial charge is 0.254 e. The number of hydrogen-bond acceptors (Lipinski definition) is 5. The van der Waals surface area contributed by atoms with Gasteiger partial charge in [-0.1, -0.05) is 0 Å². The fourth-order valence-corrected chi connectivity index (χ4v) is 4.68. The van der Waals surface area contributed by atoms with E-state index in [0.717, 1.165) is 85.9 Å². The number of piperidine rings is 1. The van der Waals surface area contributed by atoms with Crippen molar-refractivity contribution in [2.75, 3.05) is 18.0 Å². The molecule has 136 valence electrons. The maximum atomic E-state index is 12.5. The normalized spacial score (nSPS) is 21.2. The summed E-state index contributed by atoms with van der Waals surface area (Å²) in [5, 5.41) is 0. The topological polar surface area (TPSA) is 74.8 Å². The third-order valence-electron chi connectivity index (χ3n) is 6.42. The van der Waals surface area contributed by atoms with Crippen molar-refractivity contribution in [3.63, 3.8) is 0 Å². The summed E-state index contributed by atoms with van der Waals surface area (Å²) in [5.74, 6) is 2.42. The monoisotopic (exact) mass is 351 g/mol. The van der Waals surface area contributed by atoms with Crippen LogP contribution in [0.15, 0.2) is 11.0 Å². The Morgan fingerprint density at radius 3 is 2.65 bits per heavy atom. The van der Waals surface area contributed by atoms with Gasteiger partial charge in [-0.3, -0.25) is 9.78 Å². The van der Waals surface area contributed by atoms with Crippen molar-refractivity contribution in [1.29, 1.82) is 0 Å². The lowest BCUT2D eigenvalue weighted by atomic mass is 9.76. The molecule has 2 aliphatic carbocycles. The van der Waals surface area contributed by atoms with Gasteiger partial charge in [0, 0.05) is 36.2 Å². The number of nitrogens with zero attached hydrogens (tertiary/aromatic N) is 4. The molecular weight excluding hydrogens is 326 g/mol. The van der Waals surface area contributed by atoms with Crippen molar-refractivity contribution in [2.24, 2.45) is 0 Å². The molecule has 1 saturated heterocycles. The minimum atomic E-state index is 0.0783. The third-order valence-corrected chi connectivity index (χ3v) is 6.42. The highest BCUT2D eigenvalue weighted by molar-refractivity contribution is 5.45. The highest BCUT2D eigenvalue weighted by Crippen LogP contribution is 2.46. The van der Waals surface area contributed by atoms with Crippen molar-refractivity contribution in [3.05, 3.63) is 45.0 Å². The van der Waals surface area contributed by atoms with Gasteiger partial charge in [0.05, 0.1) is 17.1 Å². The number of aromatic nitrogens is 4. The summed E-state index contributed by atoms with van der Waals surface area (Å²) in [5.41, 5.74) is 4.18. The molecule has 0 aromatic carbocycles. The van der Waals surface area contributed by atoms with E-state index in [2.05, 4.69) is 14.9 Å². The van der Waals surface area contributed by atoms with Gasteiger partial charge in [-0.2, -0.15) is 0 Å². The molecule has 1 aliphatic heterocycles. The lowest BCUT2D eigenvalue weighted by Crippen LogP contribution is -2.43. The first-order valence-corrected chi connectivity index (χ1v) is 9.74. The van der Waals surface area contributed by atoms with E-state index in [9.17, 15) is 4.79 Å². The molecule has 0 bridgehead atoms. The molecular formula is C20H25N5O. The number of rotatable bonds is 2. The van der Waals surface area contributed by atoms with Gasteiger partial charge in [-0.15, -0.1) is 0 Å². The Bertz CT molecular complexity index is 922. The Hall–Kier alpha value is -2.24. The quantitative estimate of drug-likeness (QED) is 0.900. The first-order chi connectivity index (χ1) is 12.6. The van der Waals surface area contributed by atoms with Crippen LogP contribution in [0.3, 0.4) is 0 Å². The van der Waals surface area contributed by atoms with Gasteiger partial charge in [0.1, 0.15) is 11.6 Å². The summed E-state index contributed by atoms with van der Waals surface area (Å²) in [4.78, 5) is 32.1. The fourth-order valence-electron chi connectivity index (χ4n) is 4.68. The molecule has 6 nitrogen and oxygen atoms in total. The van der Waals surface area contributed by atoms with Gasteiger partial charge in [0.25, 0.3) is 5.56 Å². The largest absolute Gasteiger partial charge is 0.355 e. The molecule has 2 aromatic rings. The predicted octanol–water partition coefficient (Wildman–Crippen LogP) is 2.54. The Kier molecular flexibility index (Phi) is 3.46. The lowest BCUT2D eigenvalue weighted by molar-refractivity contribution is 0.321. The van der Waals surface area contributed by atoms with Crippen LogP contribution >= 0.6 is 0 Å². The molecule has 3 heterocycles. The van der Waals surface area contributed by atoms with Crippen LogP contribution in [-0.4, -0.2) is 33.0 Å². The van der Waals surface area contributed by atoms with Gasteiger partial charge in [-0.25, -0.2) is 9.97 Å². The minimum absolute atomic E-state index is 0.0783. The number of nitrogens with one attached hydrogen (secondary N) is 1. The standard InChI is InChI=1S/C20H25N5O/c1-12-11-21-13(2)18(22-12)25-9-7-20(8-10-25)6-5-15-16(20)23-17(14-3-4-14)24-19(15)26/h11,14H,3-10H2,1-2H3,(H,23,24,26). The summed E-state index contributed by atoms with van der Waals surface area (Å²) in [6, 6.07) is 0. The fraction of sp³-hybridized carbons (Fsp3) is 0.600. The summed E-state index contributed by atoms with van der Waals surface area (Å²) in [7, 11) is 0. The van der Waals surface area contributed by atoms with E-state index >= 15 is 0 Å². The molecule has 2 fully saturated rings. The number of H-pyrrole nitrogens is 1. The Morgan fingerprint density at radius 1 is 1.15 bits per heavy atom. The van der Waals surface area contributed by atoms with Crippen LogP contribution in [-0.2, 0) is 11.8 Å². The van der Waals surface area contributed by atoms with Crippen LogP contribution in [0, 0.1) is 13.8 Å². The first-order valence-electron chi connectivity index (χ1n) is 9.74. The second-order valence-electron chi connectivity index (χ2n) is 8.24. The van der Waals surface area contributed by atoms with Gasteiger partial charge in [-0.05, 0) is 52.4 Å². The molecule has 2 aromatic heterocycles. The molecule has 1 spiro atoms. The van der Waals surface area contributed by atoms with Crippen LogP contribution in [0.4, 0.5) is 5.82 Å². The van der Waals surface area contributed by atoms with Crippen molar-refractivity contribution >= 4 is 5.82 Å². The number of fused-ring (bicyclic) bond motifs is 2. The Morgan fingerprint density at radius 2 is 1.92 bits per heavy atom. The minimum Gasteiger partial charge on any atom is -0.355 e. The summed E-state index contributed by atoms with van der Waals surface area (Å²) in [6.45, 7) is 5.92. The van der Waals surface area contributed by atoms with Crippen LogP contribution in [0.25, 0.3) is 0 Å².